The lowest BCUT2D eigenvalue weighted by molar-refractivity contribution is 0.00570. The molecule has 6 heteroatoms. The molecule has 0 aromatic carbocycles. The fourth-order valence-electron chi connectivity index (χ4n) is 3.24. The van der Waals surface area contributed by atoms with Crippen LogP contribution in [0.3, 0.4) is 0 Å². The Morgan fingerprint density at radius 3 is 3.04 bits per heavy atom. The molecule has 25 heavy (non-hydrogen) atoms. The van der Waals surface area contributed by atoms with Crippen molar-refractivity contribution in [2.45, 2.75) is 39.3 Å². The van der Waals surface area contributed by atoms with Crippen LogP contribution >= 0.6 is 0 Å². The van der Waals surface area contributed by atoms with Crippen LogP contribution in [0.4, 0.5) is 0 Å². The first-order valence-corrected chi connectivity index (χ1v) is 8.54. The van der Waals surface area contributed by atoms with Crippen molar-refractivity contribution < 1.29 is 9.15 Å². The van der Waals surface area contributed by atoms with Crippen LogP contribution in [0, 0.1) is 6.92 Å². The molecule has 1 aliphatic heterocycles. The highest BCUT2D eigenvalue weighted by atomic mass is 16.5. The standard InChI is InChI=1S/C19H22N4O2/c1-15-3-2-4-17(21-15)14-25-19-11-22(9-16-6-8-24-13-16)10-18-5-7-20-23(18)12-19/h2-8,13,19H,9-12,14H2,1H3/t19-/m0/s1. The number of aromatic nitrogens is 3. The second-order valence-corrected chi connectivity index (χ2v) is 6.51. The van der Waals surface area contributed by atoms with Gasteiger partial charge in [-0.1, -0.05) is 6.07 Å². The van der Waals surface area contributed by atoms with E-state index in [0.29, 0.717) is 6.61 Å². The molecule has 130 valence electrons. The van der Waals surface area contributed by atoms with Crippen LogP contribution in [0.5, 0.6) is 0 Å². The van der Waals surface area contributed by atoms with Gasteiger partial charge in [-0.25, -0.2) is 0 Å². The van der Waals surface area contributed by atoms with Crippen LogP contribution in [0.15, 0.2) is 53.5 Å². The van der Waals surface area contributed by atoms with Crippen molar-refractivity contribution in [1.29, 1.82) is 0 Å². The van der Waals surface area contributed by atoms with Crippen LogP contribution in [0.2, 0.25) is 0 Å². The summed E-state index contributed by atoms with van der Waals surface area (Å²) in [4.78, 5) is 6.90. The van der Waals surface area contributed by atoms with E-state index in [-0.39, 0.29) is 6.10 Å². The van der Waals surface area contributed by atoms with E-state index in [1.54, 1.807) is 12.5 Å². The first-order chi connectivity index (χ1) is 12.3. The second kappa shape index (κ2) is 7.21. The maximum atomic E-state index is 6.19. The summed E-state index contributed by atoms with van der Waals surface area (Å²) in [5, 5.41) is 4.44. The summed E-state index contributed by atoms with van der Waals surface area (Å²) in [6.07, 6.45) is 5.44. The Balaban J connectivity index is 1.46. The van der Waals surface area contributed by atoms with Gasteiger partial charge in [-0.15, -0.1) is 0 Å². The minimum absolute atomic E-state index is 0.0652. The Kier molecular flexibility index (Phi) is 4.63. The first kappa shape index (κ1) is 16.1. The third kappa shape index (κ3) is 3.97. The Hall–Kier alpha value is -2.44. The van der Waals surface area contributed by atoms with E-state index in [9.17, 15) is 0 Å². The monoisotopic (exact) mass is 338 g/mol. The lowest BCUT2D eigenvalue weighted by Crippen LogP contribution is -2.32. The predicted octanol–water partition coefficient (Wildman–Crippen LogP) is 2.78. The molecule has 0 bridgehead atoms. The van der Waals surface area contributed by atoms with Gasteiger partial charge in [0.05, 0.1) is 43.2 Å². The van der Waals surface area contributed by atoms with Gasteiger partial charge >= 0.3 is 0 Å². The van der Waals surface area contributed by atoms with Crippen molar-refractivity contribution in [3.05, 3.63) is 71.7 Å². The highest BCUT2D eigenvalue weighted by Crippen LogP contribution is 2.17. The van der Waals surface area contributed by atoms with Gasteiger partial charge in [0.25, 0.3) is 0 Å². The zero-order chi connectivity index (χ0) is 17.1. The second-order valence-electron chi connectivity index (χ2n) is 6.51. The summed E-state index contributed by atoms with van der Waals surface area (Å²) in [6, 6.07) is 10.1. The normalized spacial score (nSPS) is 18.0. The molecule has 4 rings (SSSR count). The SMILES string of the molecule is Cc1cccc(CO[C@H]2CN(Cc3ccoc3)Cc3ccnn3C2)n1. The average molecular weight is 338 g/mol. The van der Waals surface area contributed by atoms with Gasteiger partial charge in [-0.3, -0.25) is 14.6 Å². The summed E-state index contributed by atoms with van der Waals surface area (Å²) in [6.45, 7) is 5.81. The molecule has 3 aromatic heterocycles. The molecule has 1 atom stereocenters. The van der Waals surface area contributed by atoms with Crippen molar-refractivity contribution in [3.8, 4) is 0 Å². The highest BCUT2D eigenvalue weighted by molar-refractivity contribution is 5.10. The quantitative estimate of drug-likeness (QED) is 0.716. The number of ether oxygens (including phenoxy) is 1. The van der Waals surface area contributed by atoms with Gasteiger partial charge < -0.3 is 9.15 Å². The molecule has 0 amide bonds. The number of pyridine rings is 1. The van der Waals surface area contributed by atoms with Crippen LogP contribution in [-0.4, -0.2) is 32.3 Å². The molecule has 4 heterocycles. The lowest BCUT2D eigenvalue weighted by Gasteiger charge is -2.23. The summed E-state index contributed by atoms with van der Waals surface area (Å²) in [5.74, 6) is 0. The number of hydrogen-bond donors (Lipinski definition) is 0. The smallest absolute Gasteiger partial charge is 0.0947 e. The van der Waals surface area contributed by atoms with Crippen molar-refractivity contribution in [3.63, 3.8) is 0 Å². The molecule has 0 saturated carbocycles. The van der Waals surface area contributed by atoms with Gasteiger partial charge in [0, 0.05) is 37.1 Å². The van der Waals surface area contributed by atoms with Crippen LogP contribution in [0.25, 0.3) is 0 Å². The molecule has 0 fully saturated rings. The van der Waals surface area contributed by atoms with Gasteiger partial charge in [0.2, 0.25) is 0 Å². The Labute approximate surface area is 147 Å². The van der Waals surface area contributed by atoms with E-state index < -0.39 is 0 Å². The summed E-state index contributed by atoms with van der Waals surface area (Å²) in [5.41, 5.74) is 4.36. The largest absolute Gasteiger partial charge is 0.472 e. The van der Waals surface area contributed by atoms with Gasteiger partial charge in [-0.2, -0.15) is 5.10 Å². The van der Waals surface area contributed by atoms with E-state index in [1.807, 2.05) is 42.1 Å². The number of hydrogen-bond acceptors (Lipinski definition) is 5. The van der Waals surface area contributed by atoms with Crippen LogP contribution in [-0.2, 0) is 31.0 Å². The van der Waals surface area contributed by atoms with E-state index in [2.05, 4.69) is 21.0 Å². The molecule has 0 spiro atoms. The van der Waals surface area contributed by atoms with Crippen LogP contribution in [0.1, 0.15) is 22.6 Å². The Morgan fingerprint density at radius 1 is 1.24 bits per heavy atom. The molecular weight excluding hydrogens is 316 g/mol. The highest BCUT2D eigenvalue weighted by Gasteiger charge is 2.23. The molecule has 0 unspecified atom stereocenters. The number of fused-ring (bicyclic) bond motifs is 1. The number of furan rings is 1. The molecule has 0 N–H and O–H groups in total. The minimum atomic E-state index is 0.0652. The maximum absolute atomic E-state index is 6.19. The zero-order valence-corrected chi connectivity index (χ0v) is 14.3. The van der Waals surface area contributed by atoms with Crippen molar-refractivity contribution in [2.75, 3.05) is 6.54 Å². The summed E-state index contributed by atoms with van der Waals surface area (Å²) >= 11 is 0. The average Bonchev–Trinajstić information content (AvgIpc) is 3.22. The number of nitrogens with zero attached hydrogens (tertiary/aromatic N) is 4. The number of rotatable bonds is 5. The number of aryl methyl sites for hydroxylation is 1. The van der Waals surface area contributed by atoms with Gasteiger partial charge in [0.1, 0.15) is 0 Å². The van der Waals surface area contributed by atoms with Crippen LogP contribution < -0.4 is 0 Å². The van der Waals surface area contributed by atoms with E-state index in [0.717, 1.165) is 37.6 Å². The fourth-order valence-corrected chi connectivity index (χ4v) is 3.24. The third-order valence-electron chi connectivity index (χ3n) is 4.43. The molecule has 0 saturated heterocycles. The summed E-state index contributed by atoms with van der Waals surface area (Å²) in [7, 11) is 0. The van der Waals surface area contributed by atoms with E-state index in [1.165, 1.54) is 11.3 Å². The fraction of sp³-hybridized carbons (Fsp3) is 0.368. The molecular formula is C19H22N4O2. The third-order valence-corrected chi connectivity index (χ3v) is 4.43. The molecule has 0 radical (unpaired) electrons. The molecule has 6 nitrogen and oxygen atoms in total. The van der Waals surface area contributed by atoms with E-state index >= 15 is 0 Å². The Bertz CT molecular complexity index is 812. The topological polar surface area (TPSA) is 56.3 Å². The van der Waals surface area contributed by atoms with Gasteiger partial charge in [-0.05, 0) is 31.2 Å². The lowest BCUT2D eigenvalue weighted by atomic mass is 10.2. The first-order valence-electron chi connectivity index (χ1n) is 8.54. The Morgan fingerprint density at radius 2 is 2.20 bits per heavy atom. The summed E-state index contributed by atoms with van der Waals surface area (Å²) < 4.78 is 13.4. The van der Waals surface area contributed by atoms with Crippen molar-refractivity contribution >= 4 is 0 Å². The van der Waals surface area contributed by atoms with E-state index in [4.69, 9.17) is 9.15 Å². The van der Waals surface area contributed by atoms with Crippen molar-refractivity contribution in [2.24, 2.45) is 0 Å². The van der Waals surface area contributed by atoms with Gasteiger partial charge in [0.15, 0.2) is 0 Å². The van der Waals surface area contributed by atoms with Crippen molar-refractivity contribution in [1.82, 2.24) is 19.7 Å². The zero-order valence-electron chi connectivity index (χ0n) is 14.3. The minimum Gasteiger partial charge on any atom is -0.472 e. The molecule has 3 aromatic rings. The molecule has 1 aliphatic rings. The molecule has 0 aliphatic carbocycles. The predicted molar refractivity (Wildman–Crippen MR) is 92.6 cm³/mol. The maximum Gasteiger partial charge on any atom is 0.0947 e.